The predicted molar refractivity (Wildman–Crippen MR) is 107 cm³/mol. The topological polar surface area (TPSA) is 66.0 Å². The molecule has 0 aromatic heterocycles. The second kappa shape index (κ2) is 8.99. The fourth-order valence-electron chi connectivity index (χ4n) is 2.76. The van der Waals surface area contributed by atoms with E-state index in [2.05, 4.69) is 21.9 Å². The van der Waals surface area contributed by atoms with E-state index in [1.165, 1.54) is 6.20 Å². The molecule has 5 nitrogen and oxygen atoms in total. The van der Waals surface area contributed by atoms with Gasteiger partial charge in [0.1, 0.15) is 11.5 Å². The molecule has 0 aromatic carbocycles. The molecule has 2 rings (SSSR count). The number of halogens is 1. The molecule has 0 unspecified atom stereocenters. The van der Waals surface area contributed by atoms with E-state index in [0.29, 0.717) is 30.8 Å². The van der Waals surface area contributed by atoms with Crippen molar-refractivity contribution >= 4 is 11.9 Å². The molecule has 1 aliphatic heterocycles. The average molecular weight is 355 g/mol. The minimum absolute atomic E-state index is 0.101. The molecule has 0 amide bonds. The van der Waals surface area contributed by atoms with Crippen molar-refractivity contribution in [2.45, 2.75) is 20.3 Å². The summed E-state index contributed by atoms with van der Waals surface area (Å²) in [6.45, 7) is 8.85. The third-order valence-electron chi connectivity index (χ3n) is 4.10. The van der Waals surface area contributed by atoms with Gasteiger partial charge in [-0.05, 0) is 25.0 Å². The largest absolute Gasteiger partial charge is 0.403 e. The lowest BCUT2D eigenvalue weighted by Crippen LogP contribution is -2.28. The summed E-state index contributed by atoms with van der Waals surface area (Å²) in [6.07, 6.45) is 10.9. The molecule has 0 saturated carbocycles. The maximum atomic E-state index is 13.7. The van der Waals surface area contributed by atoms with Gasteiger partial charge in [-0.25, -0.2) is 4.39 Å². The van der Waals surface area contributed by atoms with Crippen LogP contribution >= 0.6 is 0 Å². The van der Waals surface area contributed by atoms with Gasteiger partial charge in [0.15, 0.2) is 0 Å². The summed E-state index contributed by atoms with van der Waals surface area (Å²) in [5.41, 5.74) is 10.3. The van der Waals surface area contributed by atoms with Gasteiger partial charge in [-0.1, -0.05) is 24.8 Å². The van der Waals surface area contributed by atoms with Crippen LogP contribution in [-0.4, -0.2) is 37.0 Å². The predicted octanol–water partition coefficient (Wildman–Crippen LogP) is 3.34. The average Bonchev–Trinajstić information content (AvgIpc) is 2.89. The van der Waals surface area contributed by atoms with E-state index in [4.69, 9.17) is 5.73 Å². The monoisotopic (exact) mass is 355 g/mol. The standard InChI is InChI=1S/C20H26FN5/c1-14-12-17(6-5-7-18(14)21)13-25-15(2)19-20(26(4)11-8-22)16(3)23-9-10-24-19/h5-6,8-9,11-12,25H,2,7,10,13,22H2,1,3-4H3/b11-8+. The molecule has 0 saturated heterocycles. The minimum Gasteiger partial charge on any atom is -0.403 e. The van der Waals surface area contributed by atoms with Crippen LogP contribution < -0.4 is 11.1 Å². The molecular weight excluding hydrogens is 329 g/mol. The number of hydrogen-bond donors (Lipinski definition) is 2. The van der Waals surface area contributed by atoms with E-state index in [1.807, 2.05) is 37.1 Å². The minimum atomic E-state index is -0.101. The first-order valence-corrected chi connectivity index (χ1v) is 8.49. The van der Waals surface area contributed by atoms with E-state index in [9.17, 15) is 4.39 Å². The molecule has 0 radical (unpaired) electrons. The number of allylic oxidation sites excluding steroid dienone is 5. The van der Waals surface area contributed by atoms with Crippen molar-refractivity contribution in [1.82, 2.24) is 10.2 Å². The molecule has 0 atom stereocenters. The molecule has 26 heavy (non-hydrogen) atoms. The SMILES string of the molecule is C=C(NCC1=CC(C)=C(F)CC=C1)C1=NCC=NC(C)=C1N(C)/C=C/N. The first-order chi connectivity index (χ1) is 12.4. The Morgan fingerprint density at radius 3 is 2.96 bits per heavy atom. The van der Waals surface area contributed by atoms with Crippen molar-refractivity contribution in [3.05, 3.63) is 71.3 Å². The van der Waals surface area contributed by atoms with Gasteiger partial charge in [-0.2, -0.15) is 0 Å². The maximum absolute atomic E-state index is 13.7. The maximum Gasteiger partial charge on any atom is 0.107 e. The van der Waals surface area contributed by atoms with Gasteiger partial charge in [0.2, 0.25) is 0 Å². The lowest BCUT2D eigenvalue weighted by molar-refractivity contribution is 0.587. The number of rotatable bonds is 6. The van der Waals surface area contributed by atoms with Gasteiger partial charge < -0.3 is 16.0 Å². The quantitative estimate of drug-likeness (QED) is 0.768. The zero-order valence-corrected chi connectivity index (χ0v) is 15.6. The van der Waals surface area contributed by atoms with Gasteiger partial charge in [0.25, 0.3) is 0 Å². The van der Waals surface area contributed by atoms with Crippen LogP contribution in [-0.2, 0) is 0 Å². The van der Waals surface area contributed by atoms with Gasteiger partial charge in [0, 0.05) is 38.6 Å². The zero-order valence-electron chi connectivity index (χ0n) is 15.6. The summed E-state index contributed by atoms with van der Waals surface area (Å²) < 4.78 is 13.7. The lowest BCUT2D eigenvalue weighted by Gasteiger charge is -2.22. The van der Waals surface area contributed by atoms with Crippen molar-refractivity contribution in [1.29, 1.82) is 0 Å². The third kappa shape index (κ3) is 4.81. The highest BCUT2D eigenvalue weighted by molar-refractivity contribution is 6.12. The van der Waals surface area contributed by atoms with Crippen LogP contribution in [0, 0.1) is 0 Å². The van der Waals surface area contributed by atoms with Crippen LogP contribution in [0.2, 0.25) is 0 Å². The first-order valence-electron chi connectivity index (χ1n) is 8.49. The Hall–Kier alpha value is -2.89. The van der Waals surface area contributed by atoms with Crippen molar-refractivity contribution in [3.63, 3.8) is 0 Å². The summed E-state index contributed by atoms with van der Waals surface area (Å²) in [4.78, 5) is 10.9. The number of nitrogens with two attached hydrogens (primary N) is 1. The normalized spacial score (nSPS) is 17.8. The van der Waals surface area contributed by atoms with E-state index in [0.717, 1.165) is 22.7 Å². The Balaban J connectivity index is 2.18. The first kappa shape index (κ1) is 19.4. The Morgan fingerprint density at radius 2 is 2.23 bits per heavy atom. The summed E-state index contributed by atoms with van der Waals surface area (Å²) >= 11 is 0. The van der Waals surface area contributed by atoms with Crippen LogP contribution in [0.3, 0.4) is 0 Å². The Morgan fingerprint density at radius 1 is 1.46 bits per heavy atom. The molecule has 0 bridgehead atoms. The van der Waals surface area contributed by atoms with E-state index in [1.54, 1.807) is 19.3 Å². The summed E-state index contributed by atoms with van der Waals surface area (Å²) in [6, 6.07) is 0. The number of hydrogen-bond acceptors (Lipinski definition) is 5. The highest BCUT2D eigenvalue weighted by Crippen LogP contribution is 2.20. The molecular formula is C20H26FN5. The van der Waals surface area contributed by atoms with Crippen molar-refractivity contribution in [2.24, 2.45) is 15.7 Å². The summed E-state index contributed by atoms with van der Waals surface area (Å²) in [7, 11) is 1.89. The summed E-state index contributed by atoms with van der Waals surface area (Å²) in [5, 5.41) is 3.30. The van der Waals surface area contributed by atoms with Crippen molar-refractivity contribution < 1.29 is 4.39 Å². The van der Waals surface area contributed by atoms with Gasteiger partial charge in [0.05, 0.1) is 23.6 Å². The van der Waals surface area contributed by atoms with Gasteiger partial charge in [-0.3, -0.25) is 9.98 Å². The Labute approximate surface area is 154 Å². The zero-order chi connectivity index (χ0) is 19.1. The van der Waals surface area contributed by atoms with Crippen LogP contribution in [0.5, 0.6) is 0 Å². The molecule has 1 aliphatic carbocycles. The van der Waals surface area contributed by atoms with Crippen LogP contribution in [0.25, 0.3) is 0 Å². The molecule has 6 heteroatoms. The fourth-order valence-corrected chi connectivity index (χ4v) is 2.76. The number of aliphatic imine (C=N–C) groups is 2. The Bertz CT molecular complexity index is 778. The highest BCUT2D eigenvalue weighted by Gasteiger charge is 2.18. The van der Waals surface area contributed by atoms with Gasteiger partial charge in [-0.15, -0.1) is 0 Å². The molecule has 138 valence electrons. The molecule has 0 fully saturated rings. The lowest BCUT2D eigenvalue weighted by atomic mass is 10.1. The second-order valence-corrected chi connectivity index (χ2v) is 6.13. The number of nitrogens with zero attached hydrogens (tertiary/aromatic N) is 3. The van der Waals surface area contributed by atoms with Crippen LogP contribution in [0.15, 0.2) is 81.3 Å². The van der Waals surface area contributed by atoms with Gasteiger partial charge >= 0.3 is 0 Å². The van der Waals surface area contributed by atoms with Crippen molar-refractivity contribution in [3.8, 4) is 0 Å². The Kier molecular flexibility index (Phi) is 6.72. The molecule has 2 aliphatic rings. The fraction of sp³-hybridized carbons (Fsp3) is 0.300. The molecule has 1 heterocycles. The van der Waals surface area contributed by atoms with Crippen LogP contribution in [0.4, 0.5) is 4.39 Å². The highest BCUT2D eigenvalue weighted by atomic mass is 19.1. The van der Waals surface area contributed by atoms with E-state index in [-0.39, 0.29) is 5.83 Å². The molecule has 3 N–H and O–H groups in total. The van der Waals surface area contributed by atoms with Crippen LogP contribution in [0.1, 0.15) is 20.3 Å². The van der Waals surface area contributed by atoms with E-state index < -0.39 is 0 Å². The molecule has 0 spiro atoms. The molecule has 0 aromatic rings. The summed E-state index contributed by atoms with van der Waals surface area (Å²) in [5.74, 6) is -0.101. The number of nitrogens with one attached hydrogen (secondary N) is 1. The third-order valence-corrected chi connectivity index (χ3v) is 4.10. The van der Waals surface area contributed by atoms with Crippen molar-refractivity contribution in [2.75, 3.05) is 20.1 Å². The smallest absolute Gasteiger partial charge is 0.107 e. The second-order valence-electron chi connectivity index (χ2n) is 6.13. The van der Waals surface area contributed by atoms with E-state index >= 15 is 0 Å².